The van der Waals surface area contributed by atoms with Crippen molar-refractivity contribution < 1.29 is 4.74 Å². The first-order valence-electron chi connectivity index (χ1n) is 7.68. The van der Waals surface area contributed by atoms with Crippen LogP contribution in [0.15, 0.2) is 54.6 Å². The SMILES string of the molecule is Cc1cccc(CC2C=Cc3ccccc3OCC2C)c1. The molecule has 3 rings (SSSR count). The van der Waals surface area contributed by atoms with E-state index in [0.717, 1.165) is 18.8 Å². The van der Waals surface area contributed by atoms with Gasteiger partial charge in [-0.3, -0.25) is 0 Å². The zero-order valence-electron chi connectivity index (χ0n) is 12.8. The van der Waals surface area contributed by atoms with E-state index in [9.17, 15) is 0 Å². The maximum absolute atomic E-state index is 5.98. The van der Waals surface area contributed by atoms with E-state index in [2.05, 4.69) is 62.4 Å². The molecule has 0 saturated heterocycles. The van der Waals surface area contributed by atoms with Crippen LogP contribution < -0.4 is 4.74 Å². The van der Waals surface area contributed by atoms with Crippen LogP contribution in [0.4, 0.5) is 0 Å². The first kappa shape index (κ1) is 13.9. The summed E-state index contributed by atoms with van der Waals surface area (Å²) >= 11 is 0. The van der Waals surface area contributed by atoms with Crippen LogP contribution >= 0.6 is 0 Å². The molecule has 0 N–H and O–H groups in total. The maximum atomic E-state index is 5.98. The molecular weight excluding hydrogens is 256 g/mol. The van der Waals surface area contributed by atoms with Crippen LogP contribution in [0.1, 0.15) is 23.6 Å². The fraction of sp³-hybridized carbons (Fsp3) is 0.300. The Morgan fingerprint density at radius 2 is 1.95 bits per heavy atom. The molecular formula is C20H22O. The average Bonchev–Trinajstić information content (AvgIpc) is 2.48. The lowest BCUT2D eigenvalue weighted by atomic mass is 9.86. The summed E-state index contributed by atoms with van der Waals surface area (Å²) in [5, 5.41) is 0. The number of hydrogen-bond donors (Lipinski definition) is 0. The van der Waals surface area contributed by atoms with Crippen molar-refractivity contribution in [1.29, 1.82) is 0 Å². The lowest BCUT2D eigenvalue weighted by Crippen LogP contribution is -2.21. The molecule has 1 nitrogen and oxygen atoms in total. The molecule has 1 heteroatoms. The minimum Gasteiger partial charge on any atom is -0.493 e. The van der Waals surface area contributed by atoms with Gasteiger partial charge in [-0.15, -0.1) is 0 Å². The van der Waals surface area contributed by atoms with Crippen LogP contribution in [0.5, 0.6) is 5.75 Å². The van der Waals surface area contributed by atoms with Crippen LogP contribution in [-0.2, 0) is 6.42 Å². The van der Waals surface area contributed by atoms with Gasteiger partial charge in [0.2, 0.25) is 0 Å². The molecule has 2 aromatic rings. The van der Waals surface area contributed by atoms with E-state index in [1.54, 1.807) is 0 Å². The summed E-state index contributed by atoms with van der Waals surface area (Å²) in [5.41, 5.74) is 3.92. The Labute approximate surface area is 127 Å². The monoisotopic (exact) mass is 278 g/mol. The second kappa shape index (κ2) is 6.17. The fourth-order valence-electron chi connectivity index (χ4n) is 2.89. The second-order valence-corrected chi connectivity index (χ2v) is 6.04. The number of allylic oxidation sites excluding steroid dienone is 1. The number of rotatable bonds is 2. The molecule has 2 aromatic carbocycles. The van der Waals surface area contributed by atoms with Gasteiger partial charge in [0.1, 0.15) is 5.75 Å². The normalized spacial score (nSPS) is 21.0. The molecule has 1 aliphatic heterocycles. The van der Waals surface area contributed by atoms with Gasteiger partial charge in [0, 0.05) is 5.56 Å². The number of aryl methyl sites for hydroxylation is 1. The second-order valence-electron chi connectivity index (χ2n) is 6.04. The van der Waals surface area contributed by atoms with E-state index in [-0.39, 0.29) is 0 Å². The molecule has 1 aliphatic rings. The molecule has 0 aliphatic carbocycles. The quantitative estimate of drug-likeness (QED) is 0.759. The van der Waals surface area contributed by atoms with Crippen molar-refractivity contribution in [2.75, 3.05) is 6.61 Å². The van der Waals surface area contributed by atoms with Gasteiger partial charge in [0.05, 0.1) is 6.61 Å². The van der Waals surface area contributed by atoms with E-state index < -0.39 is 0 Å². The average molecular weight is 278 g/mol. The third-order valence-corrected chi connectivity index (χ3v) is 4.23. The van der Waals surface area contributed by atoms with Crippen LogP contribution in [0.25, 0.3) is 6.08 Å². The molecule has 0 saturated carbocycles. The Morgan fingerprint density at radius 3 is 2.81 bits per heavy atom. The molecule has 1 heterocycles. The molecule has 0 radical (unpaired) electrons. The van der Waals surface area contributed by atoms with Crippen molar-refractivity contribution in [2.24, 2.45) is 11.8 Å². The van der Waals surface area contributed by atoms with E-state index >= 15 is 0 Å². The van der Waals surface area contributed by atoms with Gasteiger partial charge in [0.15, 0.2) is 0 Å². The number of benzene rings is 2. The maximum Gasteiger partial charge on any atom is 0.126 e. The third-order valence-electron chi connectivity index (χ3n) is 4.23. The van der Waals surface area contributed by atoms with E-state index in [4.69, 9.17) is 4.74 Å². The summed E-state index contributed by atoms with van der Waals surface area (Å²) in [6.45, 7) is 5.21. The number of fused-ring (bicyclic) bond motifs is 1. The van der Waals surface area contributed by atoms with E-state index in [1.165, 1.54) is 16.7 Å². The fourth-order valence-corrected chi connectivity index (χ4v) is 2.89. The van der Waals surface area contributed by atoms with Crippen molar-refractivity contribution in [2.45, 2.75) is 20.3 Å². The van der Waals surface area contributed by atoms with Crippen LogP contribution in [-0.4, -0.2) is 6.61 Å². The summed E-state index contributed by atoms with van der Waals surface area (Å²) in [7, 11) is 0. The highest BCUT2D eigenvalue weighted by molar-refractivity contribution is 5.57. The minimum atomic E-state index is 0.509. The Kier molecular flexibility index (Phi) is 4.10. The molecule has 2 unspecified atom stereocenters. The Balaban J connectivity index is 1.83. The highest BCUT2D eigenvalue weighted by Gasteiger charge is 2.18. The Hall–Kier alpha value is -2.02. The van der Waals surface area contributed by atoms with Gasteiger partial charge in [-0.2, -0.15) is 0 Å². The molecule has 0 bridgehead atoms. The highest BCUT2D eigenvalue weighted by Crippen LogP contribution is 2.28. The standard InChI is InChI=1S/C20H22O/c1-15-6-5-7-17(12-15)13-19-11-10-18-8-3-4-9-20(18)21-14-16(19)2/h3-12,16,19H,13-14H2,1-2H3. The number of ether oxygens (including phenoxy) is 1. The van der Waals surface area contributed by atoms with Gasteiger partial charge < -0.3 is 4.74 Å². The molecule has 0 amide bonds. The topological polar surface area (TPSA) is 9.23 Å². The van der Waals surface area contributed by atoms with Gasteiger partial charge in [0.25, 0.3) is 0 Å². The minimum absolute atomic E-state index is 0.509. The zero-order chi connectivity index (χ0) is 14.7. The van der Waals surface area contributed by atoms with Crippen molar-refractivity contribution in [3.8, 4) is 5.75 Å². The lowest BCUT2D eigenvalue weighted by molar-refractivity contribution is 0.224. The van der Waals surface area contributed by atoms with Gasteiger partial charge in [-0.05, 0) is 36.8 Å². The highest BCUT2D eigenvalue weighted by atomic mass is 16.5. The summed E-state index contributed by atoms with van der Waals surface area (Å²) < 4.78 is 5.98. The van der Waals surface area contributed by atoms with Crippen LogP contribution in [0.3, 0.4) is 0 Å². The zero-order valence-corrected chi connectivity index (χ0v) is 12.8. The first-order chi connectivity index (χ1) is 10.2. The number of para-hydroxylation sites is 1. The Bertz CT molecular complexity index is 642. The largest absolute Gasteiger partial charge is 0.493 e. The van der Waals surface area contributed by atoms with Crippen molar-refractivity contribution >= 4 is 6.08 Å². The third kappa shape index (κ3) is 3.36. The Morgan fingerprint density at radius 1 is 1.10 bits per heavy atom. The van der Waals surface area contributed by atoms with Crippen molar-refractivity contribution in [1.82, 2.24) is 0 Å². The first-order valence-corrected chi connectivity index (χ1v) is 7.68. The molecule has 21 heavy (non-hydrogen) atoms. The van der Waals surface area contributed by atoms with Gasteiger partial charge in [-0.25, -0.2) is 0 Å². The van der Waals surface area contributed by atoms with Gasteiger partial charge in [-0.1, -0.05) is 67.1 Å². The predicted octanol–water partition coefficient (Wildman–Crippen LogP) is 4.90. The van der Waals surface area contributed by atoms with Gasteiger partial charge >= 0.3 is 0 Å². The summed E-state index contributed by atoms with van der Waals surface area (Å²) in [4.78, 5) is 0. The van der Waals surface area contributed by atoms with Crippen LogP contribution in [0.2, 0.25) is 0 Å². The summed E-state index contributed by atoms with van der Waals surface area (Å²) in [6.07, 6.45) is 5.64. The molecule has 2 atom stereocenters. The summed E-state index contributed by atoms with van der Waals surface area (Å²) in [6, 6.07) is 17.1. The predicted molar refractivity (Wildman–Crippen MR) is 88.5 cm³/mol. The number of hydrogen-bond acceptors (Lipinski definition) is 1. The smallest absolute Gasteiger partial charge is 0.126 e. The van der Waals surface area contributed by atoms with E-state index in [0.29, 0.717) is 11.8 Å². The lowest BCUT2D eigenvalue weighted by Gasteiger charge is -2.24. The molecule has 0 fully saturated rings. The molecule has 108 valence electrons. The van der Waals surface area contributed by atoms with Crippen molar-refractivity contribution in [3.05, 3.63) is 71.3 Å². The summed E-state index contributed by atoms with van der Waals surface area (Å²) in [5.74, 6) is 2.02. The molecule has 0 aromatic heterocycles. The molecule has 0 spiro atoms. The van der Waals surface area contributed by atoms with Crippen molar-refractivity contribution in [3.63, 3.8) is 0 Å². The van der Waals surface area contributed by atoms with Crippen LogP contribution in [0, 0.1) is 18.8 Å². The van der Waals surface area contributed by atoms with E-state index in [1.807, 2.05) is 12.1 Å².